The molecule has 0 spiro atoms. The molecule has 1 fully saturated rings. The van der Waals surface area contributed by atoms with Gasteiger partial charge in [-0.2, -0.15) is 0 Å². The lowest BCUT2D eigenvalue weighted by molar-refractivity contribution is 0.117. The van der Waals surface area contributed by atoms with Gasteiger partial charge in [-0.3, -0.25) is 9.29 Å². The zero-order chi connectivity index (χ0) is 26.0. The van der Waals surface area contributed by atoms with Crippen LogP contribution in [0, 0.1) is 0 Å². The monoisotopic (exact) mass is 536 g/mol. The number of rotatable bonds is 9. The molecule has 0 radical (unpaired) electrons. The number of benzene rings is 1. The summed E-state index contributed by atoms with van der Waals surface area (Å²) in [7, 11) is -0.901. The second-order valence-corrected chi connectivity index (χ2v) is 11.1. The maximum absolute atomic E-state index is 13.5. The van der Waals surface area contributed by atoms with Crippen molar-refractivity contribution in [3.63, 3.8) is 0 Å². The third kappa shape index (κ3) is 4.97. The van der Waals surface area contributed by atoms with Gasteiger partial charge in [0.1, 0.15) is 28.8 Å². The Morgan fingerprint density at radius 3 is 2.33 bits per heavy atom. The van der Waals surface area contributed by atoms with Crippen LogP contribution in [0.2, 0.25) is 5.02 Å². The van der Waals surface area contributed by atoms with E-state index in [-0.39, 0.29) is 18.0 Å². The molecule has 11 nitrogen and oxygen atoms in total. The standard InChI is InChI=1S/C23H29ClN6O5S/c1-13(21-25-11-16(24)12-26-21)15(3)36(31,32)29-23-28-27-22(17-9-10-35-14(17)2)30(23)20-18(33-4)7-6-8-19(20)34-5/h6-8,11-15,17H,9-10H2,1-5H3,(H,28,29)/t13-,14-,15-,17-/m0/s1. The number of halogens is 1. The van der Waals surface area contributed by atoms with E-state index in [0.717, 1.165) is 0 Å². The summed E-state index contributed by atoms with van der Waals surface area (Å²) in [5.74, 6) is 1.23. The van der Waals surface area contributed by atoms with Gasteiger partial charge in [0.2, 0.25) is 16.0 Å². The smallest absolute Gasteiger partial charge is 0.243 e. The third-order valence-electron chi connectivity index (χ3n) is 6.50. The van der Waals surface area contributed by atoms with E-state index in [4.69, 9.17) is 25.8 Å². The molecule has 0 bridgehead atoms. The predicted molar refractivity (Wildman–Crippen MR) is 135 cm³/mol. The SMILES string of the molecule is COc1cccc(OC)c1-n1c(NS(=O)(=O)[C@@H](C)[C@H](C)c2ncc(Cl)cn2)nnc1[C@H]1CCO[C@H]1C. The van der Waals surface area contributed by atoms with Gasteiger partial charge in [-0.25, -0.2) is 18.4 Å². The highest BCUT2D eigenvalue weighted by Gasteiger charge is 2.36. The van der Waals surface area contributed by atoms with Crippen molar-refractivity contribution >= 4 is 27.6 Å². The molecule has 0 saturated carbocycles. The van der Waals surface area contributed by atoms with Gasteiger partial charge in [0.15, 0.2) is 0 Å². The molecule has 4 atom stereocenters. The number of ether oxygens (including phenoxy) is 3. The maximum Gasteiger partial charge on any atom is 0.243 e. The van der Waals surface area contributed by atoms with Crippen molar-refractivity contribution in [2.75, 3.05) is 25.5 Å². The molecular formula is C23H29ClN6O5S. The molecule has 3 aromatic rings. The Hall–Kier alpha value is -2.96. The van der Waals surface area contributed by atoms with Gasteiger partial charge in [-0.15, -0.1) is 10.2 Å². The maximum atomic E-state index is 13.5. The lowest BCUT2D eigenvalue weighted by atomic mass is 10.0. The summed E-state index contributed by atoms with van der Waals surface area (Å²) in [5.41, 5.74) is 0.487. The topological polar surface area (TPSA) is 130 Å². The number of aromatic nitrogens is 5. The lowest BCUT2D eigenvalue weighted by Crippen LogP contribution is -2.31. The number of hydrogen-bond donors (Lipinski definition) is 1. The Labute approximate surface area is 215 Å². The molecule has 0 amide bonds. The van der Waals surface area contributed by atoms with Gasteiger partial charge < -0.3 is 14.2 Å². The fourth-order valence-electron chi connectivity index (χ4n) is 4.20. The van der Waals surface area contributed by atoms with Crippen LogP contribution in [0.1, 0.15) is 50.7 Å². The number of anilines is 1. The van der Waals surface area contributed by atoms with Gasteiger partial charge in [-0.1, -0.05) is 24.6 Å². The average Bonchev–Trinajstić information content (AvgIpc) is 3.47. The Bertz CT molecular complexity index is 1290. The van der Waals surface area contributed by atoms with E-state index in [1.54, 1.807) is 36.6 Å². The Balaban J connectivity index is 1.78. The average molecular weight is 537 g/mol. The first kappa shape index (κ1) is 26.1. The van der Waals surface area contributed by atoms with Gasteiger partial charge in [0, 0.05) is 30.8 Å². The van der Waals surface area contributed by atoms with Crippen molar-refractivity contribution in [2.45, 2.75) is 50.4 Å². The molecule has 1 aliphatic rings. The van der Waals surface area contributed by atoms with Gasteiger partial charge in [0.05, 0.1) is 30.6 Å². The van der Waals surface area contributed by atoms with E-state index in [0.29, 0.717) is 46.9 Å². The van der Waals surface area contributed by atoms with Crippen LogP contribution in [0.3, 0.4) is 0 Å². The number of sulfonamides is 1. The van der Waals surface area contributed by atoms with E-state index in [1.165, 1.54) is 26.6 Å². The predicted octanol–water partition coefficient (Wildman–Crippen LogP) is 3.55. The molecule has 0 aliphatic carbocycles. The molecule has 0 unspecified atom stereocenters. The molecule has 1 aromatic carbocycles. The minimum Gasteiger partial charge on any atom is -0.494 e. The van der Waals surface area contributed by atoms with Crippen molar-refractivity contribution in [1.29, 1.82) is 0 Å². The van der Waals surface area contributed by atoms with Crippen LogP contribution in [-0.2, 0) is 14.8 Å². The number of methoxy groups -OCH3 is 2. The first-order chi connectivity index (χ1) is 17.2. The van der Waals surface area contributed by atoms with Crippen molar-refractivity contribution in [1.82, 2.24) is 24.7 Å². The van der Waals surface area contributed by atoms with Gasteiger partial charge >= 0.3 is 0 Å². The zero-order valence-corrected chi connectivity index (χ0v) is 22.2. The number of nitrogens with zero attached hydrogens (tertiary/aromatic N) is 5. The molecule has 2 aromatic heterocycles. The first-order valence-corrected chi connectivity index (χ1v) is 13.4. The highest BCUT2D eigenvalue weighted by Crippen LogP contribution is 2.40. The van der Waals surface area contributed by atoms with Crippen LogP contribution in [0.15, 0.2) is 30.6 Å². The lowest BCUT2D eigenvalue weighted by Gasteiger charge is -2.22. The molecule has 1 saturated heterocycles. The van der Waals surface area contributed by atoms with E-state index in [2.05, 4.69) is 24.9 Å². The van der Waals surface area contributed by atoms with E-state index in [9.17, 15) is 8.42 Å². The highest BCUT2D eigenvalue weighted by atomic mass is 35.5. The fraction of sp³-hybridized carbons (Fsp3) is 0.478. The van der Waals surface area contributed by atoms with E-state index < -0.39 is 21.2 Å². The summed E-state index contributed by atoms with van der Waals surface area (Å²) in [4.78, 5) is 8.36. The summed E-state index contributed by atoms with van der Waals surface area (Å²) in [6, 6.07) is 5.31. The Kier molecular flexibility index (Phi) is 7.67. The van der Waals surface area contributed by atoms with Crippen molar-refractivity contribution in [3.05, 3.63) is 47.3 Å². The first-order valence-electron chi connectivity index (χ1n) is 11.4. The second-order valence-electron chi connectivity index (χ2n) is 8.60. The van der Waals surface area contributed by atoms with Crippen LogP contribution in [0.4, 0.5) is 5.95 Å². The summed E-state index contributed by atoms with van der Waals surface area (Å²) >= 11 is 5.88. The molecule has 3 heterocycles. The van der Waals surface area contributed by atoms with Crippen LogP contribution in [0.25, 0.3) is 5.69 Å². The number of hydrogen-bond acceptors (Lipinski definition) is 9. The summed E-state index contributed by atoms with van der Waals surface area (Å²) in [6.07, 6.45) is 3.47. The zero-order valence-electron chi connectivity index (χ0n) is 20.7. The largest absolute Gasteiger partial charge is 0.494 e. The van der Waals surface area contributed by atoms with Gasteiger partial charge in [-0.05, 0) is 32.4 Å². The minimum absolute atomic E-state index is 0.0166. The number of para-hydroxylation sites is 1. The summed E-state index contributed by atoms with van der Waals surface area (Å²) in [5, 5.41) is 8.10. The van der Waals surface area contributed by atoms with Crippen LogP contribution >= 0.6 is 11.6 Å². The number of nitrogens with one attached hydrogen (secondary N) is 1. The summed E-state index contributed by atoms with van der Waals surface area (Å²) < 4.78 is 48.3. The Morgan fingerprint density at radius 2 is 1.78 bits per heavy atom. The molecule has 36 heavy (non-hydrogen) atoms. The minimum atomic E-state index is -3.96. The van der Waals surface area contributed by atoms with E-state index in [1.807, 2.05) is 6.92 Å². The molecule has 1 aliphatic heterocycles. The van der Waals surface area contributed by atoms with Crippen LogP contribution in [-0.4, -0.2) is 65.3 Å². The van der Waals surface area contributed by atoms with Crippen molar-refractivity contribution in [3.8, 4) is 17.2 Å². The molecular weight excluding hydrogens is 508 g/mol. The fourth-order valence-corrected chi connectivity index (χ4v) is 5.53. The summed E-state index contributed by atoms with van der Waals surface area (Å²) in [6.45, 7) is 5.85. The quantitative estimate of drug-likeness (QED) is 0.436. The van der Waals surface area contributed by atoms with E-state index >= 15 is 0 Å². The van der Waals surface area contributed by atoms with Crippen molar-refractivity contribution < 1.29 is 22.6 Å². The normalized spacial score (nSPS) is 19.6. The highest BCUT2D eigenvalue weighted by molar-refractivity contribution is 7.93. The molecule has 194 valence electrons. The third-order valence-corrected chi connectivity index (χ3v) is 8.55. The van der Waals surface area contributed by atoms with Crippen LogP contribution in [0.5, 0.6) is 11.5 Å². The second kappa shape index (κ2) is 10.6. The Morgan fingerprint density at radius 1 is 1.14 bits per heavy atom. The van der Waals surface area contributed by atoms with Crippen LogP contribution < -0.4 is 14.2 Å². The van der Waals surface area contributed by atoms with Crippen molar-refractivity contribution in [2.24, 2.45) is 0 Å². The molecule has 13 heteroatoms. The molecule has 1 N–H and O–H groups in total. The van der Waals surface area contributed by atoms with Gasteiger partial charge in [0.25, 0.3) is 0 Å². The molecule has 4 rings (SSSR count).